The first-order chi connectivity index (χ1) is 16.6. The van der Waals surface area contributed by atoms with Crippen molar-refractivity contribution in [3.8, 4) is 0 Å². The van der Waals surface area contributed by atoms with Crippen molar-refractivity contribution in [3.63, 3.8) is 0 Å². The highest BCUT2D eigenvalue weighted by Crippen LogP contribution is 2.32. The number of aromatic nitrogens is 4. The van der Waals surface area contributed by atoms with Gasteiger partial charge < -0.3 is 15.5 Å². The van der Waals surface area contributed by atoms with Gasteiger partial charge in [-0.1, -0.05) is 18.2 Å². The summed E-state index contributed by atoms with van der Waals surface area (Å²) in [5.41, 5.74) is 5.08. The molecule has 0 amide bonds. The molecule has 2 saturated heterocycles. The van der Waals surface area contributed by atoms with E-state index in [0.717, 1.165) is 40.9 Å². The number of aryl methyl sites for hydroxylation is 1. The summed E-state index contributed by atoms with van der Waals surface area (Å²) in [6.07, 6.45) is 6.09. The fraction of sp³-hybridized carbons (Fsp3) is 0.308. The number of nitrogens with zero attached hydrogens (tertiary/aromatic N) is 6. The summed E-state index contributed by atoms with van der Waals surface area (Å²) in [6, 6.07) is 17.9. The van der Waals surface area contributed by atoms with Crippen molar-refractivity contribution < 1.29 is 0 Å². The minimum Gasteiger partial charge on any atom is -0.368 e. The van der Waals surface area contributed by atoms with Crippen LogP contribution in [0.5, 0.6) is 0 Å². The Balaban J connectivity index is 1.16. The standard InChI is InChI=1S/C26H28N8/c1-17-4-3-5-22-23(14-28-32-25(17)22)30-24-12-13-27-26(31-24)29-18-6-8-19(9-7-18)34-15-20-10-11-21(16-34)33(20)2/h3-9,12-14,20-21H,10-11,15-16H2,1-2H3,(H2,27,29,30,31,32). The van der Waals surface area contributed by atoms with E-state index >= 15 is 0 Å². The number of benzene rings is 2. The van der Waals surface area contributed by atoms with Gasteiger partial charge in [0.1, 0.15) is 5.82 Å². The number of hydrogen-bond donors (Lipinski definition) is 2. The quantitative estimate of drug-likeness (QED) is 0.458. The van der Waals surface area contributed by atoms with Gasteiger partial charge in [0, 0.05) is 48.1 Å². The molecule has 2 fully saturated rings. The number of hydrogen-bond acceptors (Lipinski definition) is 8. The predicted molar refractivity (Wildman–Crippen MR) is 136 cm³/mol. The van der Waals surface area contributed by atoms with Crippen molar-refractivity contribution in [1.82, 2.24) is 25.1 Å². The second kappa shape index (κ2) is 8.53. The molecule has 4 aromatic rings. The summed E-state index contributed by atoms with van der Waals surface area (Å²) in [5, 5.41) is 16.1. The molecule has 4 heterocycles. The summed E-state index contributed by atoms with van der Waals surface area (Å²) in [4.78, 5) is 14.1. The maximum atomic E-state index is 4.64. The monoisotopic (exact) mass is 452 g/mol. The topological polar surface area (TPSA) is 82.1 Å². The number of fused-ring (bicyclic) bond motifs is 3. The molecule has 0 aliphatic carbocycles. The Morgan fingerprint density at radius 1 is 0.941 bits per heavy atom. The summed E-state index contributed by atoms with van der Waals surface area (Å²) >= 11 is 0. The molecule has 2 aromatic heterocycles. The molecule has 0 radical (unpaired) electrons. The van der Waals surface area contributed by atoms with Crippen molar-refractivity contribution in [2.24, 2.45) is 0 Å². The lowest BCUT2D eigenvalue weighted by molar-refractivity contribution is 0.212. The Hall–Kier alpha value is -3.78. The van der Waals surface area contributed by atoms with Crippen LogP contribution in [0.2, 0.25) is 0 Å². The van der Waals surface area contributed by atoms with E-state index in [2.05, 4.69) is 71.9 Å². The van der Waals surface area contributed by atoms with E-state index in [9.17, 15) is 0 Å². The van der Waals surface area contributed by atoms with Gasteiger partial charge in [0.2, 0.25) is 5.95 Å². The van der Waals surface area contributed by atoms with Crippen molar-refractivity contribution in [3.05, 3.63) is 66.5 Å². The molecular weight excluding hydrogens is 424 g/mol. The second-order valence-corrected chi connectivity index (χ2v) is 9.25. The van der Waals surface area contributed by atoms with Crippen LogP contribution in [0.25, 0.3) is 10.9 Å². The van der Waals surface area contributed by atoms with Gasteiger partial charge in [0.15, 0.2) is 0 Å². The van der Waals surface area contributed by atoms with Gasteiger partial charge in [0.25, 0.3) is 0 Å². The molecule has 6 rings (SSSR count). The van der Waals surface area contributed by atoms with Gasteiger partial charge in [-0.15, -0.1) is 0 Å². The molecule has 172 valence electrons. The number of nitrogens with one attached hydrogen (secondary N) is 2. The summed E-state index contributed by atoms with van der Waals surface area (Å²) < 4.78 is 0. The Morgan fingerprint density at radius 2 is 1.74 bits per heavy atom. The third kappa shape index (κ3) is 3.90. The molecule has 2 bridgehead atoms. The Bertz CT molecular complexity index is 1310. The molecular formula is C26H28N8. The lowest BCUT2D eigenvalue weighted by Crippen LogP contribution is -2.51. The first-order valence-corrected chi connectivity index (χ1v) is 11.8. The lowest BCUT2D eigenvalue weighted by Gasteiger charge is -2.40. The Labute approximate surface area is 199 Å². The van der Waals surface area contributed by atoms with E-state index in [1.54, 1.807) is 12.4 Å². The zero-order valence-corrected chi connectivity index (χ0v) is 19.4. The lowest BCUT2D eigenvalue weighted by atomic mass is 10.1. The van der Waals surface area contributed by atoms with Gasteiger partial charge in [-0.05, 0) is 62.7 Å². The van der Waals surface area contributed by atoms with Crippen molar-refractivity contribution in [2.75, 3.05) is 35.7 Å². The molecule has 8 heteroatoms. The van der Waals surface area contributed by atoms with Gasteiger partial charge in [-0.25, -0.2) is 4.98 Å². The Kier molecular flexibility index (Phi) is 5.22. The molecule has 2 aliphatic rings. The number of piperazine rings is 1. The van der Waals surface area contributed by atoms with Gasteiger partial charge in [-0.3, -0.25) is 4.90 Å². The third-order valence-corrected chi connectivity index (χ3v) is 7.13. The molecule has 2 aromatic carbocycles. The summed E-state index contributed by atoms with van der Waals surface area (Å²) in [7, 11) is 2.27. The summed E-state index contributed by atoms with van der Waals surface area (Å²) in [6.45, 7) is 4.25. The van der Waals surface area contributed by atoms with E-state index in [1.165, 1.54) is 18.5 Å². The van der Waals surface area contributed by atoms with E-state index < -0.39 is 0 Å². The highest BCUT2D eigenvalue weighted by Gasteiger charge is 2.37. The van der Waals surface area contributed by atoms with Gasteiger partial charge in [-0.2, -0.15) is 15.2 Å². The van der Waals surface area contributed by atoms with Crippen LogP contribution in [-0.2, 0) is 0 Å². The van der Waals surface area contributed by atoms with Crippen LogP contribution in [-0.4, -0.2) is 57.3 Å². The smallest absolute Gasteiger partial charge is 0.229 e. The molecule has 0 spiro atoms. The molecule has 34 heavy (non-hydrogen) atoms. The molecule has 2 unspecified atom stereocenters. The highest BCUT2D eigenvalue weighted by atomic mass is 15.3. The Morgan fingerprint density at radius 3 is 2.53 bits per heavy atom. The maximum Gasteiger partial charge on any atom is 0.229 e. The van der Waals surface area contributed by atoms with E-state index in [4.69, 9.17) is 0 Å². The highest BCUT2D eigenvalue weighted by molar-refractivity contribution is 5.93. The maximum absolute atomic E-state index is 4.64. The van der Waals surface area contributed by atoms with Crippen molar-refractivity contribution in [1.29, 1.82) is 0 Å². The summed E-state index contributed by atoms with van der Waals surface area (Å²) in [5.74, 6) is 1.23. The normalized spacial score (nSPS) is 20.0. The van der Waals surface area contributed by atoms with Crippen molar-refractivity contribution >= 4 is 39.7 Å². The SMILES string of the molecule is Cc1cccc2c(Nc3ccnc(Nc4ccc(N5CC6CCC(C5)N6C)cc4)n3)cnnc12. The van der Waals surface area contributed by atoms with Crippen molar-refractivity contribution in [2.45, 2.75) is 31.8 Å². The predicted octanol–water partition coefficient (Wildman–Crippen LogP) is 4.50. The number of likely N-dealkylation sites (N-methyl/N-ethyl adjacent to an activating group) is 1. The minimum absolute atomic E-state index is 0.540. The fourth-order valence-electron chi connectivity index (χ4n) is 5.16. The largest absolute Gasteiger partial charge is 0.368 e. The molecule has 2 aliphatic heterocycles. The van der Waals surface area contributed by atoms with Crippen LogP contribution in [0.15, 0.2) is 60.9 Å². The van der Waals surface area contributed by atoms with Crippen LogP contribution >= 0.6 is 0 Å². The second-order valence-electron chi connectivity index (χ2n) is 9.25. The molecule has 8 nitrogen and oxygen atoms in total. The fourth-order valence-corrected chi connectivity index (χ4v) is 5.16. The molecule has 2 N–H and O–H groups in total. The van der Waals surface area contributed by atoms with Crippen LogP contribution < -0.4 is 15.5 Å². The van der Waals surface area contributed by atoms with E-state index in [1.807, 2.05) is 31.2 Å². The van der Waals surface area contributed by atoms with Crippen LogP contribution in [0, 0.1) is 6.92 Å². The average Bonchev–Trinajstić information content (AvgIpc) is 3.05. The van der Waals surface area contributed by atoms with E-state index in [0.29, 0.717) is 23.8 Å². The van der Waals surface area contributed by atoms with E-state index in [-0.39, 0.29) is 0 Å². The number of anilines is 5. The zero-order valence-electron chi connectivity index (χ0n) is 19.4. The average molecular weight is 453 g/mol. The van der Waals surface area contributed by atoms with Gasteiger partial charge in [0.05, 0.1) is 17.4 Å². The number of rotatable bonds is 5. The van der Waals surface area contributed by atoms with Gasteiger partial charge >= 0.3 is 0 Å². The molecule has 2 atom stereocenters. The zero-order chi connectivity index (χ0) is 23.1. The minimum atomic E-state index is 0.540. The first kappa shape index (κ1) is 20.8. The van der Waals surface area contributed by atoms with Crippen LogP contribution in [0.4, 0.5) is 28.8 Å². The molecule has 0 saturated carbocycles. The third-order valence-electron chi connectivity index (χ3n) is 7.13. The van der Waals surface area contributed by atoms with Crippen LogP contribution in [0.1, 0.15) is 18.4 Å². The van der Waals surface area contributed by atoms with Crippen LogP contribution in [0.3, 0.4) is 0 Å². The first-order valence-electron chi connectivity index (χ1n) is 11.8.